The van der Waals surface area contributed by atoms with Crippen molar-refractivity contribution >= 4 is 23.4 Å². The van der Waals surface area contributed by atoms with Crippen LogP contribution in [0.3, 0.4) is 0 Å². The first-order chi connectivity index (χ1) is 8.52. The molecule has 0 aliphatic rings. The van der Waals surface area contributed by atoms with Crippen LogP contribution >= 0.6 is 0 Å². The predicted octanol–water partition coefficient (Wildman–Crippen LogP) is -0.0603. The Morgan fingerprint density at radius 2 is 1.22 bits per heavy atom. The lowest BCUT2D eigenvalue weighted by Gasteiger charge is -2.05. The third-order valence-corrected chi connectivity index (χ3v) is 1.55. The highest BCUT2D eigenvalue weighted by Crippen LogP contribution is 1.90. The van der Waals surface area contributed by atoms with E-state index in [1.807, 2.05) is 0 Å². The summed E-state index contributed by atoms with van der Waals surface area (Å²) in [6.07, 6.45) is -0.711. The van der Waals surface area contributed by atoms with E-state index in [1.165, 1.54) is 0 Å². The maximum Gasteiger partial charge on any atom is 0.353 e. The minimum absolute atomic E-state index is 0.280. The van der Waals surface area contributed by atoms with Gasteiger partial charge in [0.15, 0.2) is 0 Å². The van der Waals surface area contributed by atoms with Gasteiger partial charge in [-0.1, -0.05) is 0 Å². The van der Waals surface area contributed by atoms with Crippen LogP contribution in [0.1, 0.15) is 12.8 Å². The molecule has 0 aromatic rings. The molecule has 0 aromatic carbocycles. The number of carbonyl (C=O) groups is 2. The molecule has 2 N–H and O–H groups in total. The smallest absolute Gasteiger partial charge is 0.353 e. The number of carbonyl (C=O) groups excluding carboxylic acids is 2. The molecular weight excluding hydrogens is 240 g/mol. The highest BCUT2D eigenvalue weighted by atomic mass is 16.6. The molecule has 0 radical (unpaired) electrons. The average Bonchev–Trinajstić information content (AvgIpc) is 2.34. The molecule has 18 heavy (non-hydrogen) atoms. The fourth-order valence-corrected chi connectivity index (χ4v) is 0.745. The van der Waals surface area contributed by atoms with E-state index >= 15 is 0 Å². The SMILES string of the molecule is N#CCC(=N)C(=O)OCCOC(=O)C(=N)CC#N. The molecule has 0 heterocycles. The van der Waals surface area contributed by atoms with Gasteiger partial charge in [0.2, 0.25) is 0 Å². The molecular formula is C10H10N4O4. The van der Waals surface area contributed by atoms with E-state index in [-0.39, 0.29) is 26.1 Å². The normalized spacial score (nSPS) is 8.56. The van der Waals surface area contributed by atoms with Crippen molar-refractivity contribution in [2.45, 2.75) is 12.8 Å². The number of hydrogen-bond acceptors (Lipinski definition) is 8. The quantitative estimate of drug-likeness (QED) is 0.367. The number of ether oxygens (including phenoxy) is 2. The molecule has 0 rings (SSSR count). The largest absolute Gasteiger partial charge is 0.458 e. The Labute approximate surface area is 103 Å². The van der Waals surface area contributed by atoms with Crippen LogP contribution in [0, 0.1) is 33.5 Å². The van der Waals surface area contributed by atoms with Crippen molar-refractivity contribution in [3.63, 3.8) is 0 Å². The fraction of sp³-hybridized carbons (Fsp3) is 0.400. The van der Waals surface area contributed by atoms with Crippen LogP contribution in [0.4, 0.5) is 0 Å². The van der Waals surface area contributed by atoms with E-state index in [1.54, 1.807) is 12.1 Å². The Morgan fingerprint density at radius 3 is 1.50 bits per heavy atom. The Kier molecular flexibility index (Phi) is 7.14. The third-order valence-electron chi connectivity index (χ3n) is 1.55. The van der Waals surface area contributed by atoms with Crippen molar-refractivity contribution in [2.75, 3.05) is 13.2 Å². The summed E-state index contributed by atoms with van der Waals surface area (Å²) in [5.41, 5.74) is -0.970. The van der Waals surface area contributed by atoms with Gasteiger partial charge in [0.1, 0.15) is 24.6 Å². The molecule has 0 saturated carbocycles. The first-order valence-electron chi connectivity index (χ1n) is 4.76. The van der Waals surface area contributed by atoms with Gasteiger partial charge in [-0.3, -0.25) is 10.8 Å². The lowest BCUT2D eigenvalue weighted by Crippen LogP contribution is -2.22. The summed E-state index contributed by atoms with van der Waals surface area (Å²) in [4.78, 5) is 22.0. The van der Waals surface area contributed by atoms with Crippen LogP contribution in [0.5, 0.6) is 0 Å². The topological polar surface area (TPSA) is 148 Å². The zero-order valence-electron chi connectivity index (χ0n) is 9.36. The van der Waals surface area contributed by atoms with E-state index in [0.717, 1.165) is 0 Å². The number of esters is 2. The van der Waals surface area contributed by atoms with Gasteiger partial charge >= 0.3 is 11.9 Å². The molecule has 0 aliphatic carbocycles. The van der Waals surface area contributed by atoms with Crippen LogP contribution in [-0.2, 0) is 19.1 Å². The van der Waals surface area contributed by atoms with Gasteiger partial charge in [-0.25, -0.2) is 9.59 Å². The Balaban J connectivity index is 3.82. The maximum absolute atomic E-state index is 11.0. The second kappa shape index (κ2) is 8.42. The van der Waals surface area contributed by atoms with Crippen molar-refractivity contribution in [1.82, 2.24) is 0 Å². The summed E-state index contributed by atoms with van der Waals surface area (Å²) in [5, 5.41) is 30.6. The van der Waals surface area contributed by atoms with Crippen LogP contribution in [-0.4, -0.2) is 36.6 Å². The first-order valence-corrected chi connectivity index (χ1v) is 4.76. The van der Waals surface area contributed by atoms with Gasteiger partial charge < -0.3 is 9.47 Å². The molecule has 0 aromatic heterocycles. The van der Waals surface area contributed by atoms with E-state index in [0.29, 0.717) is 0 Å². The lowest BCUT2D eigenvalue weighted by molar-refractivity contribution is -0.143. The molecule has 0 bridgehead atoms. The molecule has 0 amide bonds. The second-order valence-corrected chi connectivity index (χ2v) is 2.90. The zero-order chi connectivity index (χ0) is 14.0. The second-order valence-electron chi connectivity index (χ2n) is 2.90. The third kappa shape index (κ3) is 5.98. The zero-order valence-corrected chi connectivity index (χ0v) is 9.36. The Bertz CT molecular complexity index is 402. The van der Waals surface area contributed by atoms with E-state index < -0.39 is 23.4 Å². The van der Waals surface area contributed by atoms with Crippen molar-refractivity contribution in [3.05, 3.63) is 0 Å². The van der Waals surface area contributed by atoms with Crippen molar-refractivity contribution in [1.29, 1.82) is 21.3 Å². The summed E-state index contributed by atoms with van der Waals surface area (Å²) in [7, 11) is 0. The van der Waals surface area contributed by atoms with Crippen molar-refractivity contribution in [3.8, 4) is 12.1 Å². The van der Waals surface area contributed by atoms with Crippen molar-refractivity contribution in [2.24, 2.45) is 0 Å². The standard InChI is InChI=1S/C10H10N4O4/c11-3-1-7(13)9(15)17-5-6-18-10(16)8(14)2-4-12/h13-14H,1-2,5-6H2. The number of nitrogens with one attached hydrogen (secondary N) is 2. The average molecular weight is 250 g/mol. The van der Waals surface area contributed by atoms with Gasteiger partial charge in [-0.15, -0.1) is 0 Å². The number of nitriles is 2. The summed E-state index contributed by atoms with van der Waals surface area (Å²) in [6, 6.07) is 3.23. The fourth-order valence-electron chi connectivity index (χ4n) is 0.745. The molecule has 8 nitrogen and oxygen atoms in total. The molecule has 0 aliphatic heterocycles. The van der Waals surface area contributed by atoms with Crippen LogP contribution in [0.25, 0.3) is 0 Å². The molecule has 94 valence electrons. The van der Waals surface area contributed by atoms with Gasteiger partial charge in [0.25, 0.3) is 0 Å². The highest BCUT2D eigenvalue weighted by molar-refractivity contribution is 6.36. The molecule has 0 fully saturated rings. The van der Waals surface area contributed by atoms with Crippen LogP contribution < -0.4 is 0 Å². The van der Waals surface area contributed by atoms with E-state index in [2.05, 4.69) is 9.47 Å². The monoisotopic (exact) mass is 250 g/mol. The number of nitrogens with zero attached hydrogens (tertiary/aromatic N) is 2. The first kappa shape index (κ1) is 15.3. The summed E-state index contributed by atoms with van der Waals surface area (Å²) in [5.74, 6) is -1.92. The Morgan fingerprint density at radius 1 is 0.889 bits per heavy atom. The maximum atomic E-state index is 11.0. The Hall–Kier alpha value is -2.74. The van der Waals surface area contributed by atoms with Gasteiger partial charge in [-0.05, 0) is 0 Å². The lowest BCUT2D eigenvalue weighted by atomic mass is 10.3. The minimum atomic E-state index is -0.959. The van der Waals surface area contributed by atoms with E-state index in [4.69, 9.17) is 21.3 Å². The van der Waals surface area contributed by atoms with Crippen LogP contribution in [0.2, 0.25) is 0 Å². The van der Waals surface area contributed by atoms with Gasteiger partial charge in [0, 0.05) is 0 Å². The summed E-state index contributed by atoms with van der Waals surface area (Å²) >= 11 is 0. The van der Waals surface area contributed by atoms with Crippen molar-refractivity contribution < 1.29 is 19.1 Å². The van der Waals surface area contributed by atoms with Gasteiger partial charge in [0.05, 0.1) is 25.0 Å². The minimum Gasteiger partial charge on any atom is -0.458 e. The summed E-state index contributed by atoms with van der Waals surface area (Å²) < 4.78 is 9.04. The number of rotatable bonds is 7. The molecule has 0 spiro atoms. The predicted molar refractivity (Wildman–Crippen MR) is 57.8 cm³/mol. The highest BCUT2D eigenvalue weighted by Gasteiger charge is 2.12. The molecule has 0 unspecified atom stereocenters. The van der Waals surface area contributed by atoms with Gasteiger partial charge in [-0.2, -0.15) is 10.5 Å². The molecule has 0 atom stereocenters. The molecule has 8 heteroatoms. The van der Waals surface area contributed by atoms with Crippen LogP contribution in [0.15, 0.2) is 0 Å². The summed E-state index contributed by atoms with van der Waals surface area (Å²) in [6.45, 7) is -0.559. The molecule has 0 saturated heterocycles. The van der Waals surface area contributed by atoms with E-state index in [9.17, 15) is 9.59 Å². The number of hydrogen-bond donors (Lipinski definition) is 2.